The lowest BCUT2D eigenvalue weighted by Crippen LogP contribution is -2.38. The van der Waals surface area contributed by atoms with Gasteiger partial charge < -0.3 is 14.4 Å². The monoisotopic (exact) mass is 353 g/mol. The highest BCUT2D eigenvalue weighted by Crippen LogP contribution is 2.42. The molecule has 0 N–H and O–H groups in total. The van der Waals surface area contributed by atoms with E-state index in [-0.39, 0.29) is 17.6 Å². The number of carbonyl (C=O) groups excluding carboxylic acids is 1. The number of ether oxygens (including phenoxy) is 2. The van der Waals surface area contributed by atoms with Crippen molar-refractivity contribution in [1.82, 2.24) is 4.90 Å². The van der Waals surface area contributed by atoms with Gasteiger partial charge in [-0.25, -0.2) is 4.39 Å². The molecule has 0 aromatic heterocycles. The number of fused-ring (bicyclic) bond motifs is 3. The van der Waals surface area contributed by atoms with Crippen LogP contribution in [0.25, 0.3) is 5.70 Å². The molecular formula is C21H20FNO3. The highest BCUT2D eigenvalue weighted by atomic mass is 19.1. The maximum atomic E-state index is 13.2. The summed E-state index contributed by atoms with van der Waals surface area (Å²) in [5, 5.41) is 0. The summed E-state index contributed by atoms with van der Waals surface area (Å²) in [6.07, 6.45) is 3.29. The van der Waals surface area contributed by atoms with E-state index in [9.17, 15) is 9.18 Å². The molecule has 0 bridgehead atoms. The zero-order valence-corrected chi connectivity index (χ0v) is 14.8. The molecule has 1 amide bonds. The fourth-order valence-electron chi connectivity index (χ4n) is 3.78. The average Bonchev–Trinajstić information content (AvgIpc) is 2.67. The number of nitrogens with zero attached hydrogens (tertiary/aromatic N) is 1. The van der Waals surface area contributed by atoms with Crippen LogP contribution in [0.5, 0.6) is 11.5 Å². The van der Waals surface area contributed by atoms with Gasteiger partial charge >= 0.3 is 0 Å². The van der Waals surface area contributed by atoms with Gasteiger partial charge in [0.25, 0.3) is 0 Å². The van der Waals surface area contributed by atoms with E-state index in [0.717, 1.165) is 28.8 Å². The number of carbonyl (C=O) groups is 1. The van der Waals surface area contributed by atoms with Crippen LogP contribution < -0.4 is 9.47 Å². The minimum Gasteiger partial charge on any atom is -0.493 e. The van der Waals surface area contributed by atoms with Crippen LogP contribution in [-0.4, -0.2) is 31.6 Å². The molecule has 1 atom stereocenters. The molecule has 0 fully saturated rings. The summed E-state index contributed by atoms with van der Waals surface area (Å²) < 4.78 is 24.1. The second-order valence-corrected chi connectivity index (χ2v) is 6.57. The van der Waals surface area contributed by atoms with E-state index < -0.39 is 0 Å². The summed E-state index contributed by atoms with van der Waals surface area (Å²) in [6.45, 7) is 0.656. The van der Waals surface area contributed by atoms with Crippen LogP contribution in [0.3, 0.4) is 0 Å². The van der Waals surface area contributed by atoms with Crippen molar-refractivity contribution in [2.75, 3.05) is 20.8 Å². The van der Waals surface area contributed by atoms with E-state index in [1.54, 1.807) is 26.4 Å². The van der Waals surface area contributed by atoms with Crippen LogP contribution in [0, 0.1) is 5.82 Å². The number of methoxy groups -OCH3 is 2. The van der Waals surface area contributed by atoms with Crippen molar-refractivity contribution in [1.29, 1.82) is 0 Å². The Bertz CT molecular complexity index is 889. The van der Waals surface area contributed by atoms with E-state index in [2.05, 4.69) is 6.08 Å². The summed E-state index contributed by atoms with van der Waals surface area (Å²) in [5.74, 6) is 1.10. The summed E-state index contributed by atoms with van der Waals surface area (Å²) in [5.41, 5.74) is 3.98. The lowest BCUT2D eigenvalue weighted by molar-refractivity contribution is -0.128. The van der Waals surface area contributed by atoms with Crippen molar-refractivity contribution < 1.29 is 18.7 Å². The maximum absolute atomic E-state index is 13.2. The predicted molar refractivity (Wildman–Crippen MR) is 96.7 cm³/mol. The second-order valence-electron chi connectivity index (χ2n) is 6.57. The zero-order valence-electron chi connectivity index (χ0n) is 14.8. The number of hydrogen-bond acceptors (Lipinski definition) is 3. The normalized spacial score (nSPS) is 18.7. The van der Waals surface area contributed by atoms with Gasteiger partial charge in [-0.05, 0) is 41.8 Å². The molecule has 4 nitrogen and oxygen atoms in total. The smallest absolute Gasteiger partial charge is 0.227 e. The van der Waals surface area contributed by atoms with Crippen LogP contribution in [0.2, 0.25) is 0 Å². The summed E-state index contributed by atoms with van der Waals surface area (Å²) >= 11 is 0. The first-order valence-corrected chi connectivity index (χ1v) is 8.63. The fraction of sp³-hybridized carbons (Fsp3) is 0.286. The SMILES string of the molecule is COc1cc2c(cc1OC)C1=CC(c3ccc(F)cc3)CC(=O)N1CC2. The number of allylic oxidation sites excluding steroid dienone is 1. The van der Waals surface area contributed by atoms with E-state index in [1.165, 1.54) is 12.1 Å². The molecule has 0 saturated heterocycles. The van der Waals surface area contributed by atoms with Gasteiger partial charge in [0.15, 0.2) is 11.5 Å². The Labute approximate surface area is 151 Å². The third-order valence-corrected chi connectivity index (χ3v) is 5.13. The largest absolute Gasteiger partial charge is 0.493 e. The molecule has 5 heteroatoms. The molecule has 4 rings (SSSR count). The van der Waals surface area contributed by atoms with Gasteiger partial charge in [0, 0.05) is 30.1 Å². The highest BCUT2D eigenvalue weighted by molar-refractivity contribution is 5.92. The first-order valence-electron chi connectivity index (χ1n) is 8.63. The minimum atomic E-state index is -0.273. The van der Waals surface area contributed by atoms with Crippen molar-refractivity contribution in [3.05, 3.63) is 65.0 Å². The molecular weight excluding hydrogens is 333 g/mol. The topological polar surface area (TPSA) is 38.8 Å². The molecule has 2 aliphatic heterocycles. The van der Waals surface area contributed by atoms with E-state index in [4.69, 9.17) is 9.47 Å². The predicted octanol–water partition coefficient (Wildman–Crippen LogP) is 3.76. The van der Waals surface area contributed by atoms with Gasteiger partial charge in [0.1, 0.15) is 5.82 Å². The number of benzene rings is 2. The van der Waals surface area contributed by atoms with Crippen LogP contribution in [0.15, 0.2) is 42.5 Å². The summed E-state index contributed by atoms with van der Waals surface area (Å²) in [6, 6.07) is 10.3. The number of amides is 1. The summed E-state index contributed by atoms with van der Waals surface area (Å²) in [7, 11) is 3.22. The number of hydrogen-bond donors (Lipinski definition) is 0. The van der Waals surface area contributed by atoms with Crippen LogP contribution in [0.4, 0.5) is 4.39 Å². The van der Waals surface area contributed by atoms with Crippen LogP contribution in [0.1, 0.15) is 29.0 Å². The third-order valence-electron chi connectivity index (χ3n) is 5.13. The van der Waals surface area contributed by atoms with Crippen molar-refractivity contribution in [2.45, 2.75) is 18.8 Å². The van der Waals surface area contributed by atoms with Gasteiger partial charge in [-0.15, -0.1) is 0 Å². The first-order chi connectivity index (χ1) is 12.6. The number of rotatable bonds is 3. The third kappa shape index (κ3) is 2.73. The Kier molecular flexibility index (Phi) is 4.15. The van der Waals surface area contributed by atoms with Gasteiger partial charge in [-0.3, -0.25) is 4.79 Å². The Morgan fingerprint density at radius 1 is 1.08 bits per heavy atom. The van der Waals surface area contributed by atoms with Gasteiger partial charge in [-0.1, -0.05) is 18.2 Å². The molecule has 1 unspecified atom stereocenters. The van der Waals surface area contributed by atoms with Crippen LogP contribution >= 0.6 is 0 Å². The van der Waals surface area contributed by atoms with Gasteiger partial charge in [0.05, 0.1) is 14.2 Å². The van der Waals surface area contributed by atoms with E-state index in [0.29, 0.717) is 24.5 Å². The first kappa shape index (κ1) is 16.6. The van der Waals surface area contributed by atoms with Gasteiger partial charge in [-0.2, -0.15) is 0 Å². The molecule has 2 aromatic carbocycles. The van der Waals surface area contributed by atoms with E-state index >= 15 is 0 Å². The molecule has 2 heterocycles. The molecule has 26 heavy (non-hydrogen) atoms. The van der Waals surface area contributed by atoms with Crippen molar-refractivity contribution >= 4 is 11.6 Å². The Hall–Kier alpha value is -2.82. The highest BCUT2D eigenvalue weighted by Gasteiger charge is 2.33. The summed E-state index contributed by atoms with van der Waals surface area (Å²) in [4.78, 5) is 14.6. The lowest BCUT2D eigenvalue weighted by Gasteiger charge is -2.37. The Morgan fingerprint density at radius 2 is 1.77 bits per heavy atom. The minimum absolute atomic E-state index is 0.0617. The van der Waals surface area contributed by atoms with Gasteiger partial charge in [0.2, 0.25) is 5.91 Å². The fourth-order valence-corrected chi connectivity index (χ4v) is 3.78. The lowest BCUT2D eigenvalue weighted by atomic mass is 9.86. The molecule has 0 saturated carbocycles. The molecule has 2 aromatic rings. The van der Waals surface area contributed by atoms with Crippen molar-refractivity contribution in [3.8, 4) is 11.5 Å². The average molecular weight is 353 g/mol. The standard InChI is InChI=1S/C21H20FNO3/c1-25-19-10-14-7-8-23-18(17(14)12-20(19)26-2)9-15(11-21(23)24)13-3-5-16(22)6-4-13/h3-6,9-10,12,15H,7-8,11H2,1-2H3. The molecule has 2 aliphatic rings. The Balaban J connectivity index is 1.81. The van der Waals surface area contributed by atoms with E-state index in [1.807, 2.05) is 17.0 Å². The van der Waals surface area contributed by atoms with Crippen molar-refractivity contribution in [2.24, 2.45) is 0 Å². The Morgan fingerprint density at radius 3 is 2.46 bits per heavy atom. The number of halogens is 1. The molecule has 0 radical (unpaired) electrons. The zero-order chi connectivity index (χ0) is 18.3. The second kappa shape index (κ2) is 6.48. The van der Waals surface area contributed by atoms with Crippen molar-refractivity contribution in [3.63, 3.8) is 0 Å². The quantitative estimate of drug-likeness (QED) is 0.843. The molecule has 0 spiro atoms. The molecule has 134 valence electrons. The van der Waals surface area contributed by atoms with Crippen LogP contribution in [-0.2, 0) is 11.2 Å². The molecule has 0 aliphatic carbocycles. The maximum Gasteiger partial charge on any atom is 0.227 e.